The number of fused-ring (bicyclic) bond motifs is 1. The summed E-state index contributed by atoms with van der Waals surface area (Å²) in [5, 5.41) is 4.29. The summed E-state index contributed by atoms with van der Waals surface area (Å²) in [6, 6.07) is 2.22. The molecule has 2 atom stereocenters. The fraction of sp³-hybridized carbons (Fsp3) is 0.667. The number of ether oxygens (including phenoxy) is 1. The van der Waals surface area contributed by atoms with Gasteiger partial charge in [-0.15, -0.1) is 0 Å². The molecule has 1 aromatic heterocycles. The van der Waals surface area contributed by atoms with Gasteiger partial charge in [0.25, 0.3) is 0 Å². The van der Waals surface area contributed by atoms with Crippen molar-refractivity contribution >= 4 is 56.3 Å². The number of aromatic nitrogens is 2. The Hall–Kier alpha value is -1.91. The zero-order chi connectivity index (χ0) is 27.4. The number of carbonyl (C=O) groups is 1. The number of carbonyl (C=O) groups excluding carboxylic acids is 1. The van der Waals surface area contributed by atoms with E-state index >= 15 is 4.39 Å². The second-order valence-electron chi connectivity index (χ2n) is 11.8. The minimum absolute atomic E-state index is 0.0802. The second-order valence-corrected chi connectivity index (χ2v) is 13.0. The third-order valence-corrected chi connectivity index (χ3v) is 8.86. The molecule has 1 aromatic carbocycles. The van der Waals surface area contributed by atoms with Crippen LogP contribution in [0.15, 0.2) is 10.5 Å². The predicted molar refractivity (Wildman–Crippen MR) is 153 cm³/mol. The van der Waals surface area contributed by atoms with E-state index in [0.717, 1.165) is 38.8 Å². The lowest BCUT2D eigenvalue weighted by Crippen LogP contribution is -2.59. The minimum Gasteiger partial charge on any atom is -0.444 e. The number of hydrogen-bond acceptors (Lipinski definition) is 7. The number of nitrogens with zero attached hydrogens (tertiary/aromatic N) is 5. The molecule has 0 radical (unpaired) electrons. The van der Waals surface area contributed by atoms with E-state index in [2.05, 4.69) is 38.0 Å². The van der Waals surface area contributed by atoms with Gasteiger partial charge < -0.3 is 24.8 Å². The lowest BCUT2D eigenvalue weighted by atomic mass is 10.0. The Morgan fingerprint density at radius 1 is 1.13 bits per heavy atom. The summed E-state index contributed by atoms with van der Waals surface area (Å²) >= 11 is 9.74. The number of rotatable bonds is 4. The molecule has 8 nitrogen and oxygen atoms in total. The molecule has 2 saturated heterocycles. The van der Waals surface area contributed by atoms with Crippen LogP contribution in [0.5, 0.6) is 0 Å². The first-order valence-corrected chi connectivity index (χ1v) is 14.7. The van der Waals surface area contributed by atoms with Crippen LogP contribution in [0, 0.1) is 5.82 Å². The summed E-state index contributed by atoms with van der Waals surface area (Å²) in [5.41, 5.74) is -0.312. The highest BCUT2D eigenvalue weighted by molar-refractivity contribution is 9.10. The van der Waals surface area contributed by atoms with Crippen LogP contribution in [0.1, 0.15) is 60.3 Å². The first-order chi connectivity index (χ1) is 17.9. The molecule has 38 heavy (non-hydrogen) atoms. The van der Waals surface area contributed by atoms with Gasteiger partial charge in [0.05, 0.1) is 9.50 Å². The lowest BCUT2D eigenvalue weighted by molar-refractivity contribution is 0.0130. The van der Waals surface area contributed by atoms with Crippen LogP contribution < -0.4 is 15.1 Å². The van der Waals surface area contributed by atoms with E-state index < -0.39 is 11.4 Å². The molecule has 1 amide bonds. The highest BCUT2D eigenvalue weighted by atomic mass is 79.9. The minimum atomic E-state index is -0.572. The van der Waals surface area contributed by atoms with Crippen molar-refractivity contribution in [2.45, 2.75) is 90.1 Å². The van der Waals surface area contributed by atoms with E-state index in [4.69, 9.17) is 26.3 Å². The van der Waals surface area contributed by atoms with Gasteiger partial charge in [-0.25, -0.2) is 14.2 Å². The Kier molecular flexibility index (Phi) is 7.70. The van der Waals surface area contributed by atoms with Gasteiger partial charge in [0.15, 0.2) is 5.82 Å². The number of amides is 1. The normalized spacial score (nSPS) is 23.2. The first-order valence-electron chi connectivity index (χ1n) is 13.5. The lowest BCUT2D eigenvalue weighted by Gasteiger charge is -2.45. The molecule has 11 heteroatoms. The topological polar surface area (TPSA) is 73.8 Å². The average Bonchev–Trinajstić information content (AvgIpc) is 3.69. The molecule has 0 bridgehead atoms. The zero-order valence-corrected chi connectivity index (χ0v) is 25.1. The van der Waals surface area contributed by atoms with Crippen molar-refractivity contribution in [2.24, 2.45) is 0 Å². The van der Waals surface area contributed by atoms with Crippen molar-refractivity contribution in [3.8, 4) is 0 Å². The molecule has 1 N–H and O–H groups in total. The molecule has 1 saturated carbocycles. The SMILES string of the molecule is C[C@H]1CN(c2nc(N(C3CCNCC3)C3CC3)nc3c(F)c(Br)c(Cl)cc23)[C@@H](C)CN1C(=O)OC(C)(C)C. The van der Waals surface area contributed by atoms with E-state index in [-0.39, 0.29) is 33.2 Å². The average molecular weight is 612 g/mol. The summed E-state index contributed by atoms with van der Waals surface area (Å²) in [4.78, 5) is 29.1. The monoisotopic (exact) mass is 610 g/mol. The van der Waals surface area contributed by atoms with E-state index in [0.29, 0.717) is 42.3 Å². The van der Waals surface area contributed by atoms with Crippen LogP contribution >= 0.6 is 27.5 Å². The van der Waals surface area contributed by atoms with Crippen LogP contribution in [0.3, 0.4) is 0 Å². The van der Waals surface area contributed by atoms with E-state index in [1.165, 1.54) is 0 Å². The number of piperazine rings is 1. The Bertz CT molecular complexity index is 1220. The fourth-order valence-electron chi connectivity index (χ4n) is 5.54. The third kappa shape index (κ3) is 5.54. The maximum Gasteiger partial charge on any atom is 0.410 e. The van der Waals surface area contributed by atoms with Gasteiger partial charge in [0.1, 0.15) is 16.9 Å². The first kappa shape index (κ1) is 27.6. The summed E-state index contributed by atoms with van der Waals surface area (Å²) in [6.07, 6.45) is 3.86. The van der Waals surface area contributed by atoms with Crippen molar-refractivity contribution in [3.05, 3.63) is 21.4 Å². The summed E-state index contributed by atoms with van der Waals surface area (Å²) < 4.78 is 21.5. The Labute approximate surface area is 237 Å². The number of benzene rings is 1. The van der Waals surface area contributed by atoms with Gasteiger partial charge in [0.2, 0.25) is 5.95 Å². The van der Waals surface area contributed by atoms with Crippen molar-refractivity contribution in [2.75, 3.05) is 36.0 Å². The third-order valence-electron chi connectivity index (χ3n) is 7.55. The van der Waals surface area contributed by atoms with Crippen LogP contribution in [0.2, 0.25) is 5.02 Å². The van der Waals surface area contributed by atoms with Crippen molar-refractivity contribution < 1.29 is 13.9 Å². The standard InChI is InChI=1S/C27H37BrClFN6O2/c1-15-14-35(26(37)38-27(3,4)5)16(2)13-34(15)24-19-12-20(29)21(28)22(30)23(19)32-25(33-24)36(17-6-7-17)18-8-10-31-11-9-18/h12,15-18,31H,6-11,13-14H2,1-5H3/t15-,16-/m0/s1. The van der Waals surface area contributed by atoms with Crippen LogP contribution in [0.4, 0.5) is 21.0 Å². The molecule has 3 aliphatic rings. The van der Waals surface area contributed by atoms with Gasteiger partial charge in [-0.3, -0.25) is 0 Å². The quantitative estimate of drug-likeness (QED) is 0.442. The number of hydrogen-bond donors (Lipinski definition) is 1. The Morgan fingerprint density at radius 3 is 2.42 bits per heavy atom. The largest absolute Gasteiger partial charge is 0.444 e. The van der Waals surface area contributed by atoms with Gasteiger partial charge in [-0.1, -0.05) is 11.6 Å². The van der Waals surface area contributed by atoms with Gasteiger partial charge in [-0.05, 0) is 95.4 Å². The number of halogens is 3. The van der Waals surface area contributed by atoms with Gasteiger partial charge in [0, 0.05) is 42.6 Å². The predicted octanol–water partition coefficient (Wildman–Crippen LogP) is 5.74. The zero-order valence-electron chi connectivity index (χ0n) is 22.7. The molecule has 2 aromatic rings. The maximum atomic E-state index is 15.7. The van der Waals surface area contributed by atoms with Crippen molar-refractivity contribution in [1.29, 1.82) is 0 Å². The smallest absolute Gasteiger partial charge is 0.410 e. The maximum absolute atomic E-state index is 15.7. The van der Waals surface area contributed by atoms with Crippen LogP contribution in [-0.4, -0.2) is 76.9 Å². The highest BCUT2D eigenvalue weighted by Crippen LogP contribution is 2.40. The van der Waals surface area contributed by atoms with E-state index in [1.54, 1.807) is 11.0 Å². The molecule has 5 rings (SSSR count). The van der Waals surface area contributed by atoms with Gasteiger partial charge >= 0.3 is 6.09 Å². The molecule has 2 aliphatic heterocycles. The molecular weight excluding hydrogens is 575 g/mol. The summed E-state index contributed by atoms with van der Waals surface area (Å²) in [7, 11) is 0. The summed E-state index contributed by atoms with van der Waals surface area (Å²) in [6.45, 7) is 12.6. The number of anilines is 2. The molecular formula is C27H37BrClFN6O2. The van der Waals surface area contributed by atoms with Crippen molar-refractivity contribution in [3.63, 3.8) is 0 Å². The molecule has 1 aliphatic carbocycles. The molecule has 0 unspecified atom stereocenters. The van der Waals surface area contributed by atoms with Gasteiger partial charge in [-0.2, -0.15) is 4.98 Å². The number of piperidine rings is 1. The van der Waals surface area contributed by atoms with Crippen molar-refractivity contribution in [1.82, 2.24) is 20.2 Å². The van der Waals surface area contributed by atoms with Crippen LogP contribution in [-0.2, 0) is 4.74 Å². The highest BCUT2D eigenvalue weighted by Gasteiger charge is 2.39. The second kappa shape index (κ2) is 10.6. The molecule has 0 spiro atoms. The number of nitrogens with one attached hydrogen (secondary N) is 1. The summed E-state index contributed by atoms with van der Waals surface area (Å²) in [5.74, 6) is 0.747. The Morgan fingerprint density at radius 2 is 1.79 bits per heavy atom. The molecule has 208 valence electrons. The molecule has 3 fully saturated rings. The van der Waals surface area contributed by atoms with Crippen LogP contribution in [0.25, 0.3) is 10.9 Å². The molecule has 3 heterocycles. The Balaban J connectivity index is 1.56. The fourth-order valence-corrected chi connectivity index (χ4v) is 6.03. The van der Waals surface area contributed by atoms with E-state index in [9.17, 15) is 4.79 Å². The van der Waals surface area contributed by atoms with E-state index in [1.807, 2.05) is 27.7 Å².